The Morgan fingerprint density at radius 2 is 1.71 bits per heavy atom. The molecule has 0 unspecified atom stereocenters. The van der Waals surface area contributed by atoms with Crippen molar-refractivity contribution in [1.29, 1.82) is 0 Å². The van der Waals surface area contributed by atoms with Crippen molar-refractivity contribution in [3.63, 3.8) is 0 Å². The van der Waals surface area contributed by atoms with Crippen molar-refractivity contribution in [3.8, 4) is 5.75 Å². The van der Waals surface area contributed by atoms with Gasteiger partial charge < -0.3 is 9.08 Å². The minimum absolute atomic E-state index is 0.166. The zero-order valence-corrected chi connectivity index (χ0v) is 15.0. The molecule has 0 atom stereocenters. The molecule has 0 amide bonds. The second-order valence-corrected chi connectivity index (χ2v) is 7.83. The molecule has 0 spiro atoms. The Morgan fingerprint density at radius 3 is 2.29 bits per heavy atom. The fourth-order valence-corrected chi connectivity index (χ4v) is 3.81. The monoisotopic (exact) mass is 346 g/mol. The summed E-state index contributed by atoms with van der Waals surface area (Å²) >= 11 is 0. The fraction of sp³-hybridized carbons (Fsp3) is 0.333. The van der Waals surface area contributed by atoms with E-state index in [2.05, 4.69) is 16.8 Å². The van der Waals surface area contributed by atoms with Gasteiger partial charge >= 0.3 is 10.1 Å². The van der Waals surface area contributed by atoms with Gasteiger partial charge in [-0.25, -0.2) is 0 Å². The zero-order chi connectivity index (χ0) is 17.3. The summed E-state index contributed by atoms with van der Waals surface area (Å²) in [4.78, 5) is 4.59. The van der Waals surface area contributed by atoms with Crippen LogP contribution in [0.2, 0.25) is 0 Å². The summed E-state index contributed by atoms with van der Waals surface area (Å²) in [5.41, 5.74) is 2.89. The van der Waals surface area contributed by atoms with Crippen LogP contribution >= 0.6 is 0 Å². The number of benzene rings is 2. The second-order valence-electron chi connectivity index (χ2n) is 6.28. The maximum atomic E-state index is 12.5. The molecule has 1 aliphatic rings. The van der Waals surface area contributed by atoms with Crippen molar-refractivity contribution in [2.75, 3.05) is 31.7 Å². The summed E-state index contributed by atoms with van der Waals surface area (Å²) in [7, 11) is -1.76. The summed E-state index contributed by atoms with van der Waals surface area (Å²) in [5.74, 6) is 0.367. The predicted octanol–water partition coefficient (Wildman–Crippen LogP) is 2.78. The Kier molecular flexibility index (Phi) is 4.51. The van der Waals surface area contributed by atoms with E-state index in [4.69, 9.17) is 4.18 Å². The van der Waals surface area contributed by atoms with Crippen LogP contribution in [0, 0.1) is 13.8 Å². The average Bonchev–Trinajstić information content (AvgIpc) is 2.97. The molecule has 24 heavy (non-hydrogen) atoms. The van der Waals surface area contributed by atoms with Crippen LogP contribution in [0.3, 0.4) is 0 Å². The smallest absolute Gasteiger partial charge is 0.339 e. The molecule has 3 rings (SSSR count). The largest absolute Gasteiger partial charge is 0.379 e. The van der Waals surface area contributed by atoms with E-state index in [0.29, 0.717) is 5.75 Å². The van der Waals surface area contributed by atoms with Crippen molar-refractivity contribution in [1.82, 2.24) is 4.90 Å². The number of hydrogen-bond donors (Lipinski definition) is 0. The molecule has 5 nitrogen and oxygen atoms in total. The highest BCUT2D eigenvalue weighted by molar-refractivity contribution is 7.87. The first-order valence-corrected chi connectivity index (χ1v) is 9.31. The molecule has 6 heteroatoms. The van der Waals surface area contributed by atoms with Gasteiger partial charge in [0.2, 0.25) is 0 Å². The highest BCUT2D eigenvalue weighted by Gasteiger charge is 2.20. The normalized spacial score (nSPS) is 15.7. The van der Waals surface area contributed by atoms with Crippen LogP contribution in [0.5, 0.6) is 5.75 Å². The van der Waals surface area contributed by atoms with Gasteiger partial charge in [0.1, 0.15) is 10.6 Å². The Balaban J connectivity index is 1.79. The first-order valence-electron chi connectivity index (χ1n) is 7.90. The van der Waals surface area contributed by atoms with Crippen LogP contribution in [-0.2, 0) is 10.1 Å². The molecule has 0 aliphatic carbocycles. The molecule has 0 bridgehead atoms. The van der Waals surface area contributed by atoms with Crippen LogP contribution < -0.4 is 9.08 Å². The lowest BCUT2D eigenvalue weighted by Crippen LogP contribution is -2.22. The van der Waals surface area contributed by atoms with Crippen LogP contribution in [0.1, 0.15) is 11.1 Å². The Hall–Kier alpha value is -2.05. The summed E-state index contributed by atoms with van der Waals surface area (Å²) < 4.78 is 30.3. The van der Waals surface area contributed by atoms with E-state index in [1.807, 2.05) is 38.1 Å². The number of rotatable bonds is 4. The van der Waals surface area contributed by atoms with Crippen LogP contribution in [0.4, 0.5) is 5.69 Å². The van der Waals surface area contributed by atoms with E-state index in [1.165, 1.54) is 0 Å². The molecule has 0 N–H and O–H groups in total. The molecule has 0 aromatic heterocycles. The average molecular weight is 346 g/mol. The molecule has 0 radical (unpaired) electrons. The lowest BCUT2D eigenvalue weighted by molar-refractivity contribution is 0.421. The highest BCUT2D eigenvalue weighted by Crippen LogP contribution is 2.25. The first-order chi connectivity index (χ1) is 11.3. The molecule has 128 valence electrons. The third kappa shape index (κ3) is 3.55. The molecule has 2 aromatic rings. The topological polar surface area (TPSA) is 49.9 Å². The maximum absolute atomic E-state index is 12.5. The minimum Gasteiger partial charge on any atom is -0.379 e. The van der Waals surface area contributed by atoms with Gasteiger partial charge in [0.25, 0.3) is 0 Å². The lowest BCUT2D eigenvalue weighted by atomic mass is 10.1. The van der Waals surface area contributed by atoms with Gasteiger partial charge in [0.05, 0.1) is 6.67 Å². The number of aryl methyl sites for hydroxylation is 2. The van der Waals surface area contributed by atoms with Crippen LogP contribution in [-0.4, -0.2) is 40.1 Å². The quantitative estimate of drug-likeness (QED) is 0.797. The van der Waals surface area contributed by atoms with Crippen LogP contribution in [0.25, 0.3) is 0 Å². The minimum atomic E-state index is -3.83. The number of anilines is 1. The molecular formula is C18H22N2O3S. The van der Waals surface area contributed by atoms with Gasteiger partial charge in [-0.3, -0.25) is 4.90 Å². The summed E-state index contributed by atoms with van der Waals surface area (Å²) in [5, 5.41) is 0. The standard InChI is InChI=1S/C18H22N2O3S/c1-14-4-9-18(15(2)12-14)23-24(21,22)17-7-5-16(6-8-17)20-11-10-19(3)13-20/h4-9,12H,10-11,13H2,1-3H3. The van der Waals surface area contributed by atoms with Crippen molar-refractivity contribution < 1.29 is 12.6 Å². The summed E-state index contributed by atoms with van der Waals surface area (Å²) in [6.45, 7) is 6.60. The molecule has 1 saturated heterocycles. The first kappa shape index (κ1) is 16.8. The van der Waals surface area contributed by atoms with Gasteiger partial charge in [-0.15, -0.1) is 0 Å². The molecular weight excluding hydrogens is 324 g/mol. The lowest BCUT2D eigenvalue weighted by Gasteiger charge is -2.18. The molecule has 1 aliphatic heterocycles. The molecule has 1 fully saturated rings. The summed E-state index contributed by atoms with van der Waals surface area (Å²) in [6, 6.07) is 12.3. The molecule has 1 heterocycles. The second kappa shape index (κ2) is 6.45. The molecule has 0 saturated carbocycles. The Bertz CT molecular complexity index is 832. The summed E-state index contributed by atoms with van der Waals surface area (Å²) in [6.07, 6.45) is 0. The van der Waals surface area contributed by atoms with E-state index >= 15 is 0 Å². The van der Waals surface area contributed by atoms with Crippen molar-refractivity contribution in [3.05, 3.63) is 53.6 Å². The predicted molar refractivity (Wildman–Crippen MR) is 95.0 cm³/mol. The van der Waals surface area contributed by atoms with E-state index in [-0.39, 0.29) is 4.90 Å². The zero-order valence-electron chi connectivity index (χ0n) is 14.2. The van der Waals surface area contributed by atoms with E-state index in [9.17, 15) is 8.42 Å². The Morgan fingerprint density at radius 1 is 1.00 bits per heavy atom. The van der Waals surface area contributed by atoms with E-state index < -0.39 is 10.1 Å². The van der Waals surface area contributed by atoms with Crippen molar-refractivity contribution in [2.24, 2.45) is 0 Å². The Labute approximate surface area is 143 Å². The maximum Gasteiger partial charge on any atom is 0.339 e. The van der Waals surface area contributed by atoms with Gasteiger partial charge in [-0.2, -0.15) is 8.42 Å². The van der Waals surface area contributed by atoms with E-state index in [0.717, 1.165) is 36.6 Å². The van der Waals surface area contributed by atoms with Crippen LogP contribution in [0.15, 0.2) is 47.4 Å². The van der Waals surface area contributed by atoms with Gasteiger partial charge in [0.15, 0.2) is 0 Å². The van der Waals surface area contributed by atoms with Crippen molar-refractivity contribution in [2.45, 2.75) is 18.7 Å². The van der Waals surface area contributed by atoms with Crippen molar-refractivity contribution >= 4 is 15.8 Å². The number of hydrogen-bond acceptors (Lipinski definition) is 5. The van der Waals surface area contributed by atoms with Gasteiger partial charge in [0, 0.05) is 18.8 Å². The highest BCUT2D eigenvalue weighted by atomic mass is 32.2. The SMILES string of the molecule is Cc1ccc(OS(=O)(=O)c2ccc(N3CCN(C)C3)cc2)c(C)c1. The number of likely N-dealkylation sites (N-methyl/N-ethyl adjacent to an activating group) is 1. The third-order valence-electron chi connectivity index (χ3n) is 4.18. The molecule has 2 aromatic carbocycles. The fourth-order valence-electron chi connectivity index (χ4n) is 2.82. The van der Waals surface area contributed by atoms with Gasteiger partial charge in [-0.1, -0.05) is 17.7 Å². The third-order valence-corrected chi connectivity index (χ3v) is 5.43. The number of nitrogens with zero attached hydrogens (tertiary/aromatic N) is 2. The van der Waals surface area contributed by atoms with E-state index in [1.54, 1.807) is 18.2 Å². The van der Waals surface area contributed by atoms with Gasteiger partial charge in [-0.05, 0) is 56.8 Å².